The van der Waals surface area contributed by atoms with Gasteiger partial charge in [-0.2, -0.15) is 4.98 Å². The van der Waals surface area contributed by atoms with Gasteiger partial charge in [0.2, 0.25) is 5.88 Å². The second-order valence-electron chi connectivity index (χ2n) is 4.29. The van der Waals surface area contributed by atoms with E-state index >= 15 is 0 Å². The standard InChI is InChI=1S/C13H22N2O2/c1-11(2)7-9-17-10-8-14-12-5-4-6-13(15-12)16-3/h4-6,11H,7-10H2,1-3H3,(H,14,15). The first-order valence-electron chi connectivity index (χ1n) is 6.05. The fourth-order valence-corrected chi connectivity index (χ4v) is 1.30. The maximum Gasteiger partial charge on any atom is 0.214 e. The van der Waals surface area contributed by atoms with Crippen LogP contribution in [0.15, 0.2) is 18.2 Å². The number of rotatable bonds is 8. The topological polar surface area (TPSA) is 43.4 Å². The van der Waals surface area contributed by atoms with Crippen molar-refractivity contribution in [1.29, 1.82) is 0 Å². The fraction of sp³-hybridized carbons (Fsp3) is 0.615. The molecule has 0 radical (unpaired) electrons. The van der Waals surface area contributed by atoms with Crippen LogP contribution in [0.1, 0.15) is 20.3 Å². The molecule has 1 aromatic rings. The van der Waals surface area contributed by atoms with Crippen LogP contribution in [-0.4, -0.2) is 31.9 Å². The second-order valence-corrected chi connectivity index (χ2v) is 4.29. The van der Waals surface area contributed by atoms with Gasteiger partial charge in [-0.1, -0.05) is 19.9 Å². The fourth-order valence-electron chi connectivity index (χ4n) is 1.30. The number of anilines is 1. The molecule has 0 unspecified atom stereocenters. The SMILES string of the molecule is COc1cccc(NCCOCCC(C)C)n1. The number of nitrogens with one attached hydrogen (secondary N) is 1. The molecule has 4 nitrogen and oxygen atoms in total. The highest BCUT2D eigenvalue weighted by Crippen LogP contribution is 2.09. The molecule has 0 bridgehead atoms. The van der Waals surface area contributed by atoms with Gasteiger partial charge in [0.05, 0.1) is 13.7 Å². The molecule has 0 atom stereocenters. The van der Waals surface area contributed by atoms with Crippen molar-refractivity contribution >= 4 is 5.82 Å². The van der Waals surface area contributed by atoms with Gasteiger partial charge in [0.25, 0.3) is 0 Å². The normalized spacial score (nSPS) is 10.6. The number of nitrogens with zero attached hydrogens (tertiary/aromatic N) is 1. The predicted octanol–water partition coefficient (Wildman–Crippen LogP) is 2.56. The highest BCUT2D eigenvalue weighted by atomic mass is 16.5. The lowest BCUT2D eigenvalue weighted by Gasteiger charge is -2.08. The van der Waals surface area contributed by atoms with Crippen molar-refractivity contribution in [2.24, 2.45) is 5.92 Å². The summed E-state index contributed by atoms with van der Waals surface area (Å²) >= 11 is 0. The lowest BCUT2D eigenvalue weighted by Crippen LogP contribution is -2.11. The van der Waals surface area contributed by atoms with Gasteiger partial charge in [-0.25, -0.2) is 0 Å². The number of pyridine rings is 1. The molecule has 0 fully saturated rings. The lowest BCUT2D eigenvalue weighted by molar-refractivity contribution is 0.132. The molecule has 96 valence electrons. The first-order valence-corrected chi connectivity index (χ1v) is 6.05. The molecule has 0 spiro atoms. The molecule has 1 N–H and O–H groups in total. The molecular formula is C13H22N2O2. The molecule has 0 aliphatic carbocycles. The Labute approximate surface area is 103 Å². The Morgan fingerprint density at radius 3 is 2.82 bits per heavy atom. The second kappa shape index (κ2) is 7.90. The molecule has 0 aliphatic heterocycles. The van der Waals surface area contributed by atoms with E-state index in [2.05, 4.69) is 24.1 Å². The van der Waals surface area contributed by atoms with Crippen molar-refractivity contribution < 1.29 is 9.47 Å². The van der Waals surface area contributed by atoms with Gasteiger partial charge in [-0.05, 0) is 18.4 Å². The zero-order valence-corrected chi connectivity index (χ0v) is 10.9. The van der Waals surface area contributed by atoms with Crippen LogP contribution in [0.3, 0.4) is 0 Å². The zero-order valence-electron chi connectivity index (χ0n) is 10.9. The van der Waals surface area contributed by atoms with E-state index in [0.29, 0.717) is 18.4 Å². The van der Waals surface area contributed by atoms with Gasteiger partial charge < -0.3 is 14.8 Å². The number of hydrogen-bond acceptors (Lipinski definition) is 4. The van der Waals surface area contributed by atoms with Gasteiger partial charge >= 0.3 is 0 Å². The van der Waals surface area contributed by atoms with Crippen LogP contribution in [0.4, 0.5) is 5.82 Å². The van der Waals surface area contributed by atoms with Crippen molar-refractivity contribution in [2.45, 2.75) is 20.3 Å². The summed E-state index contributed by atoms with van der Waals surface area (Å²) in [6, 6.07) is 5.65. The number of methoxy groups -OCH3 is 1. The Morgan fingerprint density at radius 2 is 2.12 bits per heavy atom. The Bertz CT molecular complexity index is 316. The Morgan fingerprint density at radius 1 is 1.29 bits per heavy atom. The van der Waals surface area contributed by atoms with Gasteiger partial charge in [-0.3, -0.25) is 0 Å². The first kappa shape index (κ1) is 13.8. The third kappa shape index (κ3) is 6.12. The van der Waals surface area contributed by atoms with E-state index in [1.807, 2.05) is 18.2 Å². The maximum atomic E-state index is 5.50. The van der Waals surface area contributed by atoms with Crippen LogP contribution >= 0.6 is 0 Å². The molecule has 0 aromatic carbocycles. The molecular weight excluding hydrogens is 216 g/mol. The predicted molar refractivity (Wildman–Crippen MR) is 69.6 cm³/mol. The summed E-state index contributed by atoms with van der Waals surface area (Å²) < 4.78 is 10.5. The van der Waals surface area contributed by atoms with Crippen molar-refractivity contribution in [2.75, 3.05) is 32.2 Å². The minimum Gasteiger partial charge on any atom is -0.481 e. The largest absolute Gasteiger partial charge is 0.481 e. The van der Waals surface area contributed by atoms with E-state index in [1.165, 1.54) is 0 Å². The minimum absolute atomic E-state index is 0.621. The van der Waals surface area contributed by atoms with Crippen molar-refractivity contribution in [3.05, 3.63) is 18.2 Å². The zero-order chi connectivity index (χ0) is 12.5. The average molecular weight is 238 g/mol. The van der Waals surface area contributed by atoms with Crippen molar-refractivity contribution in [3.8, 4) is 5.88 Å². The van der Waals surface area contributed by atoms with Crippen LogP contribution in [0, 0.1) is 5.92 Å². The van der Waals surface area contributed by atoms with E-state index in [-0.39, 0.29) is 0 Å². The molecule has 1 aromatic heterocycles. The third-order valence-electron chi connectivity index (χ3n) is 2.32. The van der Waals surface area contributed by atoms with E-state index in [1.54, 1.807) is 7.11 Å². The monoisotopic (exact) mass is 238 g/mol. The Balaban J connectivity index is 2.13. The van der Waals surface area contributed by atoms with Crippen LogP contribution < -0.4 is 10.1 Å². The highest BCUT2D eigenvalue weighted by molar-refractivity contribution is 5.36. The minimum atomic E-state index is 0.621. The summed E-state index contributed by atoms with van der Waals surface area (Å²) in [6.07, 6.45) is 1.11. The van der Waals surface area contributed by atoms with Gasteiger partial charge in [0.1, 0.15) is 5.82 Å². The Kier molecular flexibility index (Phi) is 6.40. The maximum absolute atomic E-state index is 5.50. The summed E-state index contributed by atoms with van der Waals surface area (Å²) in [6.45, 7) is 6.68. The lowest BCUT2D eigenvalue weighted by atomic mass is 10.1. The number of hydrogen-bond donors (Lipinski definition) is 1. The van der Waals surface area contributed by atoms with Gasteiger partial charge in [-0.15, -0.1) is 0 Å². The van der Waals surface area contributed by atoms with E-state index in [9.17, 15) is 0 Å². The molecule has 1 heterocycles. The van der Waals surface area contributed by atoms with Gasteiger partial charge in [0.15, 0.2) is 0 Å². The summed E-state index contributed by atoms with van der Waals surface area (Å²) in [4.78, 5) is 4.25. The summed E-state index contributed by atoms with van der Waals surface area (Å²) in [5, 5.41) is 3.19. The number of ether oxygens (including phenoxy) is 2. The smallest absolute Gasteiger partial charge is 0.214 e. The summed E-state index contributed by atoms with van der Waals surface area (Å²) in [7, 11) is 1.61. The van der Waals surface area contributed by atoms with E-state index in [4.69, 9.17) is 9.47 Å². The third-order valence-corrected chi connectivity index (χ3v) is 2.32. The molecule has 17 heavy (non-hydrogen) atoms. The van der Waals surface area contributed by atoms with Crippen molar-refractivity contribution in [1.82, 2.24) is 4.98 Å². The highest BCUT2D eigenvalue weighted by Gasteiger charge is 1.97. The van der Waals surface area contributed by atoms with Crippen LogP contribution in [0.25, 0.3) is 0 Å². The average Bonchev–Trinajstić information content (AvgIpc) is 2.33. The molecule has 0 saturated heterocycles. The Hall–Kier alpha value is -1.29. The summed E-state index contributed by atoms with van der Waals surface area (Å²) in [5.74, 6) is 2.13. The summed E-state index contributed by atoms with van der Waals surface area (Å²) in [5.41, 5.74) is 0. The van der Waals surface area contributed by atoms with Crippen LogP contribution in [0.2, 0.25) is 0 Å². The molecule has 0 aliphatic rings. The van der Waals surface area contributed by atoms with Crippen LogP contribution in [0.5, 0.6) is 5.88 Å². The van der Waals surface area contributed by atoms with Gasteiger partial charge in [0, 0.05) is 19.2 Å². The van der Waals surface area contributed by atoms with E-state index in [0.717, 1.165) is 25.4 Å². The van der Waals surface area contributed by atoms with Crippen LogP contribution in [-0.2, 0) is 4.74 Å². The number of aromatic nitrogens is 1. The molecule has 1 rings (SSSR count). The first-order chi connectivity index (χ1) is 8.22. The molecule has 0 saturated carbocycles. The quantitative estimate of drug-likeness (QED) is 0.707. The van der Waals surface area contributed by atoms with Crippen molar-refractivity contribution in [3.63, 3.8) is 0 Å². The van der Waals surface area contributed by atoms with E-state index < -0.39 is 0 Å². The molecule has 4 heteroatoms. The molecule has 0 amide bonds.